The summed E-state index contributed by atoms with van der Waals surface area (Å²) in [5.41, 5.74) is 1.41. The summed E-state index contributed by atoms with van der Waals surface area (Å²) < 4.78 is 22.9. The topological polar surface area (TPSA) is 92.6 Å². The molecule has 2 rings (SSSR count). The fraction of sp³-hybridized carbons (Fsp3) is 0.538. The van der Waals surface area contributed by atoms with Gasteiger partial charge in [-0.3, -0.25) is 15.0 Å². The van der Waals surface area contributed by atoms with Crippen LogP contribution in [-0.2, 0) is 16.4 Å². The van der Waals surface area contributed by atoms with E-state index < -0.39 is 14.8 Å². The Balaban J connectivity index is 2.20. The third kappa shape index (κ3) is 3.92. The maximum absolute atomic E-state index is 11.4. The molecule has 21 heavy (non-hydrogen) atoms. The Hall–Kier alpha value is -1.67. The van der Waals surface area contributed by atoms with Gasteiger partial charge in [0.1, 0.15) is 5.69 Å². The van der Waals surface area contributed by atoms with Crippen LogP contribution in [0.4, 0.5) is 11.4 Å². The van der Waals surface area contributed by atoms with E-state index in [0.717, 1.165) is 5.56 Å². The minimum absolute atomic E-state index is 0.0546. The van der Waals surface area contributed by atoms with E-state index >= 15 is 0 Å². The van der Waals surface area contributed by atoms with E-state index in [1.165, 1.54) is 6.07 Å². The van der Waals surface area contributed by atoms with E-state index in [1.54, 1.807) is 6.07 Å². The molecule has 0 aromatic heterocycles. The van der Waals surface area contributed by atoms with Crippen molar-refractivity contribution in [1.82, 2.24) is 4.90 Å². The predicted molar refractivity (Wildman–Crippen MR) is 81.2 cm³/mol. The second-order valence-electron chi connectivity index (χ2n) is 5.03. The summed E-state index contributed by atoms with van der Waals surface area (Å²) in [7, 11) is -2.92. The van der Waals surface area contributed by atoms with Gasteiger partial charge >= 0.3 is 0 Å². The van der Waals surface area contributed by atoms with Gasteiger partial charge in [0.15, 0.2) is 9.84 Å². The van der Waals surface area contributed by atoms with Gasteiger partial charge in [0.2, 0.25) is 0 Å². The number of nitro groups is 1. The number of nitrogens with zero attached hydrogens (tertiary/aromatic N) is 2. The molecule has 0 atom stereocenters. The molecule has 0 bridgehead atoms. The minimum Gasteiger partial charge on any atom is -0.380 e. The summed E-state index contributed by atoms with van der Waals surface area (Å²) in [6.07, 6.45) is 0. The number of nitro benzene ring substituents is 1. The fourth-order valence-corrected chi connectivity index (χ4v) is 3.68. The van der Waals surface area contributed by atoms with E-state index in [9.17, 15) is 18.5 Å². The van der Waals surface area contributed by atoms with E-state index in [1.807, 2.05) is 17.9 Å². The summed E-state index contributed by atoms with van der Waals surface area (Å²) >= 11 is 0. The average molecular weight is 313 g/mol. The third-order valence-electron chi connectivity index (χ3n) is 3.51. The van der Waals surface area contributed by atoms with Crippen LogP contribution in [0.25, 0.3) is 0 Å². The largest absolute Gasteiger partial charge is 0.380 e. The van der Waals surface area contributed by atoms with Gasteiger partial charge in [-0.1, -0.05) is 12.1 Å². The zero-order valence-corrected chi connectivity index (χ0v) is 12.7. The predicted octanol–water partition coefficient (Wildman–Crippen LogP) is 1.26. The van der Waals surface area contributed by atoms with Crippen molar-refractivity contribution >= 4 is 21.2 Å². The van der Waals surface area contributed by atoms with Crippen molar-refractivity contribution in [2.75, 3.05) is 36.5 Å². The molecule has 0 radical (unpaired) electrons. The van der Waals surface area contributed by atoms with E-state index in [2.05, 4.69) is 5.32 Å². The number of para-hydroxylation sites is 1. The average Bonchev–Trinajstić information content (AvgIpc) is 2.43. The monoisotopic (exact) mass is 313 g/mol. The molecule has 1 aliphatic heterocycles. The van der Waals surface area contributed by atoms with Gasteiger partial charge in [0.25, 0.3) is 5.69 Å². The van der Waals surface area contributed by atoms with Gasteiger partial charge in [-0.15, -0.1) is 0 Å². The Morgan fingerprint density at radius 2 is 2.00 bits per heavy atom. The molecule has 116 valence electrons. The van der Waals surface area contributed by atoms with Crippen molar-refractivity contribution in [1.29, 1.82) is 0 Å². The van der Waals surface area contributed by atoms with Crippen LogP contribution < -0.4 is 5.32 Å². The van der Waals surface area contributed by atoms with Crippen molar-refractivity contribution in [2.24, 2.45) is 0 Å². The molecule has 1 aliphatic rings. The lowest BCUT2D eigenvalue weighted by Gasteiger charge is -2.27. The molecule has 0 saturated carbocycles. The molecule has 1 N–H and O–H groups in total. The quantitative estimate of drug-likeness (QED) is 0.650. The van der Waals surface area contributed by atoms with Crippen LogP contribution in [0.5, 0.6) is 0 Å². The molecule has 1 aromatic rings. The fourth-order valence-electron chi connectivity index (χ4n) is 2.40. The van der Waals surface area contributed by atoms with Crippen molar-refractivity contribution in [2.45, 2.75) is 13.5 Å². The Bertz CT molecular complexity index is 616. The second-order valence-corrected chi connectivity index (χ2v) is 7.33. The molecule has 1 aromatic carbocycles. The van der Waals surface area contributed by atoms with E-state index in [4.69, 9.17) is 0 Å². The smallest absolute Gasteiger partial charge is 0.292 e. The van der Waals surface area contributed by atoms with Crippen LogP contribution in [-0.4, -0.2) is 49.4 Å². The van der Waals surface area contributed by atoms with Gasteiger partial charge in [0.05, 0.1) is 16.4 Å². The van der Waals surface area contributed by atoms with Crippen molar-refractivity contribution in [3.05, 3.63) is 33.9 Å². The first kappa shape index (κ1) is 15.7. The standard InChI is InChI=1S/C13H19N3O4S/c1-2-14-13-11(4-3-5-12(13)16(17)18)10-15-6-8-21(19,20)9-7-15/h3-5,14H,2,6-10H2,1H3. The number of nitrogens with one attached hydrogen (secondary N) is 1. The lowest BCUT2D eigenvalue weighted by atomic mass is 10.1. The first-order valence-electron chi connectivity index (χ1n) is 6.86. The highest BCUT2D eigenvalue weighted by atomic mass is 32.2. The van der Waals surface area contributed by atoms with Gasteiger partial charge < -0.3 is 5.32 Å². The summed E-state index contributed by atoms with van der Waals surface area (Å²) in [6.45, 7) is 3.92. The molecule has 1 heterocycles. The van der Waals surface area contributed by atoms with Crippen molar-refractivity contribution in [3.8, 4) is 0 Å². The number of anilines is 1. The molecule has 1 fully saturated rings. The molecule has 0 unspecified atom stereocenters. The molecule has 1 saturated heterocycles. The van der Waals surface area contributed by atoms with Gasteiger partial charge in [0, 0.05) is 32.2 Å². The molecular formula is C13H19N3O4S. The molecule has 0 spiro atoms. The molecule has 0 amide bonds. The molecular weight excluding hydrogens is 294 g/mol. The third-order valence-corrected chi connectivity index (χ3v) is 5.12. The highest BCUT2D eigenvalue weighted by Gasteiger charge is 2.24. The number of sulfone groups is 1. The zero-order valence-electron chi connectivity index (χ0n) is 11.9. The Morgan fingerprint density at radius 3 is 2.57 bits per heavy atom. The summed E-state index contributed by atoms with van der Waals surface area (Å²) in [4.78, 5) is 12.7. The maximum atomic E-state index is 11.4. The van der Waals surface area contributed by atoms with Crippen LogP contribution in [0.2, 0.25) is 0 Å². The van der Waals surface area contributed by atoms with Crippen LogP contribution in [0.1, 0.15) is 12.5 Å². The first-order valence-corrected chi connectivity index (χ1v) is 8.68. The zero-order chi connectivity index (χ0) is 15.5. The number of hydrogen-bond acceptors (Lipinski definition) is 6. The SMILES string of the molecule is CCNc1c(CN2CCS(=O)(=O)CC2)cccc1[N+](=O)[O-]. The second kappa shape index (κ2) is 6.40. The van der Waals surface area contributed by atoms with Crippen LogP contribution in [0, 0.1) is 10.1 Å². The highest BCUT2D eigenvalue weighted by molar-refractivity contribution is 7.91. The summed E-state index contributed by atoms with van der Waals surface area (Å²) in [5.74, 6) is 0.303. The lowest BCUT2D eigenvalue weighted by molar-refractivity contribution is -0.384. The molecule has 7 nitrogen and oxygen atoms in total. The Morgan fingerprint density at radius 1 is 1.33 bits per heavy atom. The molecule has 0 aliphatic carbocycles. The van der Waals surface area contributed by atoms with Gasteiger partial charge in [-0.05, 0) is 12.5 Å². The van der Waals surface area contributed by atoms with Crippen molar-refractivity contribution < 1.29 is 13.3 Å². The van der Waals surface area contributed by atoms with Crippen LogP contribution in [0.15, 0.2) is 18.2 Å². The van der Waals surface area contributed by atoms with Crippen LogP contribution in [0.3, 0.4) is 0 Å². The van der Waals surface area contributed by atoms with Crippen molar-refractivity contribution in [3.63, 3.8) is 0 Å². The maximum Gasteiger partial charge on any atom is 0.292 e. The number of rotatable bonds is 5. The highest BCUT2D eigenvalue weighted by Crippen LogP contribution is 2.29. The lowest BCUT2D eigenvalue weighted by Crippen LogP contribution is -2.39. The number of benzene rings is 1. The first-order chi connectivity index (χ1) is 9.93. The Kier molecular flexibility index (Phi) is 4.79. The molecule has 8 heteroatoms. The van der Waals surface area contributed by atoms with Gasteiger partial charge in [-0.25, -0.2) is 8.42 Å². The summed E-state index contributed by atoms with van der Waals surface area (Å²) in [5, 5.41) is 14.1. The number of hydrogen-bond donors (Lipinski definition) is 1. The normalized spacial score (nSPS) is 18.3. The summed E-state index contributed by atoms with van der Waals surface area (Å²) in [6, 6.07) is 4.98. The van der Waals surface area contributed by atoms with E-state index in [0.29, 0.717) is 31.9 Å². The van der Waals surface area contributed by atoms with E-state index in [-0.39, 0.29) is 17.2 Å². The minimum atomic E-state index is -2.92. The van der Waals surface area contributed by atoms with Gasteiger partial charge in [-0.2, -0.15) is 0 Å². The van der Waals surface area contributed by atoms with Crippen LogP contribution >= 0.6 is 0 Å². The Labute approximate surface area is 124 Å².